The summed E-state index contributed by atoms with van der Waals surface area (Å²) < 4.78 is 38.1. The fraction of sp³-hybridized carbons (Fsp3) is 0.250. The first-order valence-corrected chi connectivity index (χ1v) is 10.8. The Morgan fingerprint density at radius 2 is 1.79 bits per heavy atom. The summed E-state index contributed by atoms with van der Waals surface area (Å²) in [5.74, 6) is -0.876. The maximum Gasteiger partial charge on any atom is 0.490 e. The standard InChI is InChI=1S/C22H21BrN2O.C2HF3O2/c1-14-13-25(21(24)12-15-6-8-16(26-2)9-7-15)20-11-10-17-18(22(14)20)4-3-5-19(17)23;3-2(4,5)1(6)7/h3-11,14,24H,12-13H2,1-2H3;(H,6,7). The number of nitrogens with one attached hydrogen (secondary N) is 1. The van der Waals surface area contributed by atoms with Gasteiger partial charge in [-0.25, -0.2) is 4.79 Å². The molecule has 0 spiro atoms. The number of alkyl halides is 3. The molecule has 0 aliphatic carbocycles. The molecule has 3 aromatic carbocycles. The first kappa shape index (κ1) is 24.6. The molecule has 174 valence electrons. The van der Waals surface area contributed by atoms with Crippen LogP contribution < -0.4 is 9.64 Å². The number of hydrogen-bond acceptors (Lipinski definition) is 3. The van der Waals surface area contributed by atoms with Gasteiger partial charge in [0.15, 0.2) is 0 Å². The highest BCUT2D eigenvalue weighted by atomic mass is 79.9. The molecule has 3 aromatic rings. The highest BCUT2D eigenvalue weighted by Crippen LogP contribution is 2.42. The molecule has 0 aromatic heterocycles. The van der Waals surface area contributed by atoms with Gasteiger partial charge in [-0.2, -0.15) is 13.2 Å². The van der Waals surface area contributed by atoms with E-state index >= 15 is 0 Å². The number of anilines is 1. The summed E-state index contributed by atoms with van der Waals surface area (Å²) in [6, 6.07) is 18.6. The Morgan fingerprint density at radius 1 is 1.15 bits per heavy atom. The largest absolute Gasteiger partial charge is 0.497 e. The second kappa shape index (κ2) is 9.82. The fourth-order valence-corrected chi connectivity index (χ4v) is 4.33. The molecular weight excluding hydrogens is 501 g/mol. The number of methoxy groups -OCH3 is 1. The number of hydrogen-bond donors (Lipinski definition) is 2. The number of carbonyl (C=O) groups is 1. The van der Waals surface area contributed by atoms with Gasteiger partial charge in [0.2, 0.25) is 0 Å². The molecule has 0 bridgehead atoms. The predicted molar refractivity (Wildman–Crippen MR) is 126 cm³/mol. The maximum atomic E-state index is 10.6. The molecule has 33 heavy (non-hydrogen) atoms. The number of amidine groups is 1. The molecule has 0 radical (unpaired) electrons. The lowest BCUT2D eigenvalue weighted by Gasteiger charge is -2.21. The van der Waals surface area contributed by atoms with E-state index in [0.29, 0.717) is 18.2 Å². The van der Waals surface area contributed by atoms with Gasteiger partial charge in [0.25, 0.3) is 0 Å². The van der Waals surface area contributed by atoms with E-state index in [9.17, 15) is 13.2 Å². The first-order chi connectivity index (χ1) is 15.5. The molecule has 1 aliphatic rings. The van der Waals surface area contributed by atoms with Crippen LogP contribution in [0.2, 0.25) is 0 Å². The van der Waals surface area contributed by atoms with E-state index in [1.54, 1.807) is 7.11 Å². The van der Waals surface area contributed by atoms with Crippen LogP contribution in [0.5, 0.6) is 5.75 Å². The van der Waals surface area contributed by atoms with Crippen molar-refractivity contribution in [2.24, 2.45) is 0 Å². The molecule has 1 aliphatic heterocycles. The Kier molecular flexibility index (Phi) is 7.31. The lowest BCUT2D eigenvalue weighted by molar-refractivity contribution is -0.192. The van der Waals surface area contributed by atoms with Crippen molar-refractivity contribution < 1.29 is 27.8 Å². The lowest BCUT2D eigenvalue weighted by Crippen LogP contribution is -2.30. The summed E-state index contributed by atoms with van der Waals surface area (Å²) in [6.45, 7) is 3.11. The Bertz CT molecular complexity index is 1180. The number of fused-ring (bicyclic) bond motifs is 3. The van der Waals surface area contributed by atoms with E-state index in [4.69, 9.17) is 20.0 Å². The van der Waals surface area contributed by atoms with Gasteiger partial charge in [-0.1, -0.05) is 53.2 Å². The van der Waals surface area contributed by atoms with E-state index < -0.39 is 12.1 Å². The van der Waals surface area contributed by atoms with Gasteiger partial charge < -0.3 is 14.7 Å². The van der Waals surface area contributed by atoms with Gasteiger partial charge >= 0.3 is 12.1 Å². The predicted octanol–water partition coefficient (Wildman–Crippen LogP) is 6.39. The van der Waals surface area contributed by atoms with E-state index in [-0.39, 0.29) is 0 Å². The van der Waals surface area contributed by atoms with Crippen LogP contribution in [0, 0.1) is 5.41 Å². The van der Waals surface area contributed by atoms with Crippen molar-refractivity contribution >= 4 is 44.2 Å². The van der Waals surface area contributed by atoms with E-state index in [0.717, 1.165) is 22.3 Å². The van der Waals surface area contributed by atoms with Crippen LogP contribution in [-0.2, 0) is 11.2 Å². The van der Waals surface area contributed by atoms with Crippen molar-refractivity contribution in [2.45, 2.75) is 25.4 Å². The molecule has 2 N–H and O–H groups in total. The topological polar surface area (TPSA) is 73.6 Å². The number of ether oxygens (including phenoxy) is 1. The monoisotopic (exact) mass is 522 g/mol. The summed E-state index contributed by atoms with van der Waals surface area (Å²) in [5, 5.41) is 18.3. The van der Waals surface area contributed by atoms with Crippen molar-refractivity contribution in [1.29, 1.82) is 5.41 Å². The minimum Gasteiger partial charge on any atom is -0.497 e. The van der Waals surface area contributed by atoms with Crippen molar-refractivity contribution in [1.82, 2.24) is 0 Å². The number of carboxylic acids is 1. The molecular formula is C24H22BrF3N2O3. The summed E-state index contributed by atoms with van der Waals surface area (Å²) in [5.41, 5.74) is 3.64. The van der Waals surface area contributed by atoms with Gasteiger partial charge in [-0.15, -0.1) is 0 Å². The van der Waals surface area contributed by atoms with Crippen LogP contribution in [-0.4, -0.2) is 36.7 Å². The average Bonchev–Trinajstić information content (AvgIpc) is 3.11. The molecule has 5 nitrogen and oxygen atoms in total. The third-order valence-corrected chi connectivity index (χ3v) is 6.06. The fourth-order valence-electron chi connectivity index (χ4n) is 3.84. The molecule has 0 fully saturated rings. The smallest absolute Gasteiger partial charge is 0.490 e. The van der Waals surface area contributed by atoms with Crippen LogP contribution in [0.3, 0.4) is 0 Å². The van der Waals surface area contributed by atoms with E-state index in [1.807, 2.05) is 24.3 Å². The van der Waals surface area contributed by atoms with Crippen LogP contribution in [0.15, 0.2) is 59.1 Å². The highest BCUT2D eigenvalue weighted by molar-refractivity contribution is 9.10. The van der Waals surface area contributed by atoms with Crippen molar-refractivity contribution in [3.05, 3.63) is 70.2 Å². The van der Waals surface area contributed by atoms with Crippen molar-refractivity contribution in [3.8, 4) is 5.75 Å². The van der Waals surface area contributed by atoms with Crippen molar-refractivity contribution in [3.63, 3.8) is 0 Å². The minimum atomic E-state index is -5.08. The first-order valence-electron chi connectivity index (χ1n) is 10.0. The molecule has 0 saturated carbocycles. The number of aliphatic carboxylic acids is 1. The SMILES string of the molecule is COc1ccc(CC(=N)N2CC(C)c3c2ccc2c(Br)cccc32)cc1.O=C(O)C(F)(F)F. The zero-order valence-electron chi connectivity index (χ0n) is 17.9. The quantitative estimate of drug-likeness (QED) is 0.309. The Morgan fingerprint density at radius 3 is 2.36 bits per heavy atom. The molecule has 1 atom stereocenters. The van der Waals surface area contributed by atoms with Crippen LogP contribution >= 0.6 is 15.9 Å². The molecule has 4 rings (SSSR count). The summed E-state index contributed by atoms with van der Waals surface area (Å²) >= 11 is 3.66. The zero-order valence-corrected chi connectivity index (χ0v) is 19.5. The zero-order chi connectivity index (χ0) is 24.3. The van der Waals surface area contributed by atoms with Crippen LogP contribution in [0.25, 0.3) is 10.8 Å². The number of halogens is 4. The van der Waals surface area contributed by atoms with Crippen LogP contribution in [0.1, 0.15) is 24.0 Å². The van der Waals surface area contributed by atoms with Gasteiger partial charge in [0.05, 0.1) is 7.11 Å². The molecule has 0 amide bonds. The Labute approximate surface area is 197 Å². The van der Waals surface area contributed by atoms with Gasteiger partial charge in [0, 0.05) is 29.0 Å². The van der Waals surface area contributed by atoms with Gasteiger partial charge in [0.1, 0.15) is 11.6 Å². The van der Waals surface area contributed by atoms with E-state index in [2.05, 4.69) is 58.1 Å². The Balaban J connectivity index is 0.000000383. The summed E-state index contributed by atoms with van der Waals surface area (Å²) in [4.78, 5) is 11.1. The second-order valence-corrected chi connectivity index (χ2v) is 8.47. The van der Waals surface area contributed by atoms with Gasteiger partial charge in [-0.05, 0) is 46.2 Å². The number of benzene rings is 3. The maximum absolute atomic E-state index is 10.6. The highest BCUT2D eigenvalue weighted by Gasteiger charge is 2.38. The van der Waals surface area contributed by atoms with E-state index in [1.165, 1.54) is 22.0 Å². The summed E-state index contributed by atoms with van der Waals surface area (Å²) in [6.07, 6.45) is -4.47. The van der Waals surface area contributed by atoms with Gasteiger partial charge in [-0.3, -0.25) is 5.41 Å². The van der Waals surface area contributed by atoms with Crippen molar-refractivity contribution in [2.75, 3.05) is 18.6 Å². The number of rotatable bonds is 3. The average molecular weight is 523 g/mol. The lowest BCUT2D eigenvalue weighted by atomic mass is 9.96. The Hall–Kier alpha value is -3.07. The number of carboxylic acid groups (broad SMARTS) is 1. The third-order valence-electron chi connectivity index (χ3n) is 5.37. The molecule has 1 heterocycles. The molecule has 0 saturated heterocycles. The molecule has 1 unspecified atom stereocenters. The van der Waals surface area contributed by atoms with Crippen LogP contribution in [0.4, 0.5) is 18.9 Å². The minimum absolute atomic E-state index is 0.402. The number of nitrogens with zero attached hydrogens (tertiary/aromatic N) is 1. The molecule has 9 heteroatoms. The summed E-state index contributed by atoms with van der Waals surface area (Å²) in [7, 11) is 1.67. The second-order valence-electron chi connectivity index (χ2n) is 7.62. The normalized spacial score (nSPS) is 15.0. The third kappa shape index (κ3) is 5.47.